The van der Waals surface area contributed by atoms with Crippen LogP contribution in [-0.2, 0) is 20.9 Å². The van der Waals surface area contributed by atoms with Crippen molar-refractivity contribution in [1.82, 2.24) is 4.90 Å². The molecule has 0 saturated carbocycles. The number of thioether (sulfide) groups is 1. The number of rotatable bonds is 8. The van der Waals surface area contributed by atoms with E-state index in [4.69, 9.17) is 14.2 Å². The average molecular weight is 445 g/mol. The summed E-state index contributed by atoms with van der Waals surface area (Å²) in [7, 11) is 1.46. The highest BCUT2D eigenvalue weighted by atomic mass is 32.2. The predicted molar refractivity (Wildman–Crippen MR) is 113 cm³/mol. The fourth-order valence-electron chi connectivity index (χ4n) is 2.79. The third-order valence-corrected chi connectivity index (χ3v) is 5.20. The molecule has 2 aromatic carbocycles. The molecule has 7 nitrogen and oxygen atoms in total. The largest absolute Gasteiger partial charge is 0.493 e. The number of halogens is 1. The number of amides is 2. The zero-order valence-electron chi connectivity index (χ0n) is 16.9. The first-order chi connectivity index (χ1) is 14.9. The van der Waals surface area contributed by atoms with Crippen LogP contribution in [0, 0.1) is 5.82 Å². The highest BCUT2D eigenvalue weighted by Gasteiger charge is 2.36. The number of carbonyl (C=O) groups excluding carboxylic acids is 3. The lowest BCUT2D eigenvalue weighted by Gasteiger charge is -2.12. The summed E-state index contributed by atoms with van der Waals surface area (Å²) in [5.74, 6) is -0.795. The van der Waals surface area contributed by atoms with E-state index < -0.39 is 23.7 Å². The minimum absolute atomic E-state index is 0.0229. The monoisotopic (exact) mass is 445 g/mol. The van der Waals surface area contributed by atoms with Crippen LogP contribution in [0.4, 0.5) is 9.18 Å². The minimum Gasteiger partial charge on any atom is -0.493 e. The van der Waals surface area contributed by atoms with Gasteiger partial charge in [0.15, 0.2) is 11.5 Å². The summed E-state index contributed by atoms with van der Waals surface area (Å²) in [5, 5.41) is -0.541. The molecule has 0 bridgehead atoms. The quantitative estimate of drug-likeness (QED) is 0.448. The Hall–Kier alpha value is -3.33. The Balaban J connectivity index is 1.74. The molecule has 0 N–H and O–H groups in total. The first-order valence-electron chi connectivity index (χ1n) is 9.38. The SMILES string of the molecule is CCOC(=O)CN1C(=O)S/C(=C/c2ccc(OCc3ccccc3F)c(OC)c2)C1=O. The minimum atomic E-state index is -0.649. The van der Waals surface area contributed by atoms with Crippen molar-refractivity contribution < 1.29 is 33.0 Å². The van der Waals surface area contributed by atoms with Crippen molar-refractivity contribution >= 4 is 35.0 Å². The van der Waals surface area contributed by atoms with Gasteiger partial charge in [-0.2, -0.15) is 0 Å². The van der Waals surface area contributed by atoms with Gasteiger partial charge in [-0.05, 0) is 48.5 Å². The molecule has 0 aromatic heterocycles. The molecular weight excluding hydrogens is 425 g/mol. The van der Waals surface area contributed by atoms with Gasteiger partial charge in [0.25, 0.3) is 11.1 Å². The van der Waals surface area contributed by atoms with E-state index in [-0.39, 0.29) is 23.9 Å². The number of esters is 1. The van der Waals surface area contributed by atoms with E-state index in [0.717, 1.165) is 16.7 Å². The smallest absolute Gasteiger partial charge is 0.326 e. The molecule has 0 aliphatic carbocycles. The summed E-state index contributed by atoms with van der Waals surface area (Å²) >= 11 is 0.741. The van der Waals surface area contributed by atoms with Crippen molar-refractivity contribution in [2.75, 3.05) is 20.3 Å². The van der Waals surface area contributed by atoms with Crippen molar-refractivity contribution in [3.63, 3.8) is 0 Å². The topological polar surface area (TPSA) is 82.1 Å². The Morgan fingerprint density at radius 2 is 1.94 bits per heavy atom. The second-order valence-corrected chi connectivity index (χ2v) is 7.36. The van der Waals surface area contributed by atoms with E-state index in [9.17, 15) is 18.8 Å². The summed E-state index contributed by atoms with van der Waals surface area (Å²) in [4.78, 5) is 37.2. The van der Waals surface area contributed by atoms with E-state index >= 15 is 0 Å². The number of hydrogen-bond donors (Lipinski definition) is 0. The van der Waals surface area contributed by atoms with Crippen molar-refractivity contribution in [3.05, 3.63) is 64.3 Å². The van der Waals surface area contributed by atoms with Crippen LogP contribution >= 0.6 is 11.8 Å². The average Bonchev–Trinajstić information content (AvgIpc) is 3.01. The zero-order valence-corrected chi connectivity index (χ0v) is 17.7. The molecule has 162 valence electrons. The van der Waals surface area contributed by atoms with Crippen LogP contribution < -0.4 is 9.47 Å². The van der Waals surface area contributed by atoms with Crippen LogP contribution in [0.5, 0.6) is 11.5 Å². The molecule has 1 saturated heterocycles. The summed E-state index contributed by atoms with van der Waals surface area (Å²) in [6.07, 6.45) is 1.53. The Morgan fingerprint density at radius 1 is 1.16 bits per heavy atom. The van der Waals surface area contributed by atoms with E-state index in [1.807, 2.05) is 0 Å². The summed E-state index contributed by atoms with van der Waals surface area (Å²) in [6, 6.07) is 11.2. The molecule has 1 aliphatic heterocycles. The molecule has 0 radical (unpaired) electrons. The van der Waals surface area contributed by atoms with Gasteiger partial charge in [0, 0.05) is 5.56 Å². The first kappa shape index (κ1) is 22.4. The number of benzene rings is 2. The van der Waals surface area contributed by atoms with Gasteiger partial charge in [-0.25, -0.2) is 4.39 Å². The van der Waals surface area contributed by atoms with Gasteiger partial charge in [-0.15, -0.1) is 0 Å². The summed E-state index contributed by atoms with van der Waals surface area (Å²) in [5.41, 5.74) is 1.00. The lowest BCUT2D eigenvalue weighted by Crippen LogP contribution is -2.34. The second-order valence-electron chi connectivity index (χ2n) is 6.36. The van der Waals surface area contributed by atoms with Gasteiger partial charge in [0.1, 0.15) is 19.0 Å². The molecule has 1 heterocycles. The van der Waals surface area contributed by atoms with Crippen LogP contribution in [0.1, 0.15) is 18.1 Å². The Morgan fingerprint density at radius 3 is 2.65 bits per heavy atom. The maximum Gasteiger partial charge on any atom is 0.326 e. The molecule has 2 aromatic rings. The molecule has 0 spiro atoms. The molecule has 0 atom stereocenters. The number of imide groups is 1. The molecule has 0 unspecified atom stereocenters. The fraction of sp³-hybridized carbons (Fsp3) is 0.227. The van der Waals surface area contributed by atoms with E-state index in [1.165, 1.54) is 19.3 Å². The Labute approximate surface area is 182 Å². The van der Waals surface area contributed by atoms with Gasteiger partial charge in [0.05, 0.1) is 18.6 Å². The van der Waals surface area contributed by atoms with Crippen LogP contribution in [0.3, 0.4) is 0 Å². The van der Waals surface area contributed by atoms with E-state index in [0.29, 0.717) is 22.6 Å². The van der Waals surface area contributed by atoms with Crippen LogP contribution in [0.15, 0.2) is 47.4 Å². The zero-order chi connectivity index (χ0) is 22.4. The lowest BCUT2D eigenvalue weighted by molar-refractivity contribution is -0.145. The number of nitrogens with zero attached hydrogens (tertiary/aromatic N) is 1. The van der Waals surface area contributed by atoms with Gasteiger partial charge in [-0.3, -0.25) is 19.3 Å². The number of methoxy groups -OCH3 is 1. The molecule has 9 heteroatoms. The van der Waals surface area contributed by atoms with Gasteiger partial charge in [-0.1, -0.05) is 24.3 Å². The molecule has 1 fully saturated rings. The van der Waals surface area contributed by atoms with Crippen molar-refractivity contribution in [2.45, 2.75) is 13.5 Å². The fourth-order valence-corrected chi connectivity index (χ4v) is 3.63. The third-order valence-electron chi connectivity index (χ3n) is 4.29. The van der Waals surface area contributed by atoms with E-state index in [1.54, 1.807) is 43.3 Å². The van der Waals surface area contributed by atoms with E-state index in [2.05, 4.69) is 0 Å². The highest BCUT2D eigenvalue weighted by molar-refractivity contribution is 8.18. The molecular formula is C22H20FNO6S. The van der Waals surface area contributed by atoms with Gasteiger partial charge >= 0.3 is 5.97 Å². The Kier molecular flexibility index (Phi) is 7.30. The molecule has 2 amide bonds. The number of hydrogen-bond acceptors (Lipinski definition) is 7. The Bertz CT molecular complexity index is 1040. The summed E-state index contributed by atoms with van der Waals surface area (Å²) in [6.45, 7) is 1.40. The summed E-state index contributed by atoms with van der Waals surface area (Å²) < 4.78 is 29.6. The predicted octanol–water partition coefficient (Wildman–Crippen LogP) is 4.01. The highest BCUT2D eigenvalue weighted by Crippen LogP contribution is 2.34. The molecule has 3 rings (SSSR count). The first-order valence-corrected chi connectivity index (χ1v) is 10.2. The standard InChI is InChI=1S/C22H20FNO6S/c1-3-29-20(25)12-24-21(26)19(31-22(24)27)11-14-8-9-17(18(10-14)28-2)30-13-15-6-4-5-7-16(15)23/h4-11H,3,12-13H2,1-2H3/b19-11+. The van der Waals surface area contributed by atoms with Crippen LogP contribution in [0.2, 0.25) is 0 Å². The van der Waals surface area contributed by atoms with Gasteiger partial charge in [0.2, 0.25) is 0 Å². The second kappa shape index (κ2) is 10.1. The lowest BCUT2D eigenvalue weighted by atomic mass is 10.1. The van der Waals surface area contributed by atoms with Crippen molar-refractivity contribution in [1.29, 1.82) is 0 Å². The van der Waals surface area contributed by atoms with Crippen LogP contribution in [0.25, 0.3) is 6.08 Å². The molecule has 1 aliphatic rings. The maximum atomic E-state index is 13.8. The van der Waals surface area contributed by atoms with Crippen LogP contribution in [-0.4, -0.2) is 42.3 Å². The van der Waals surface area contributed by atoms with Crippen molar-refractivity contribution in [2.24, 2.45) is 0 Å². The van der Waals surface area contributed by atoms with Crippen molar-refractivity contribution in [3.8, 4) is 11.5 Å². The number of carbonyl (C=O) groups is 3. The maximum absolute atomic E-state index is 13.8. The number of ether oxygens (including phenoxy) is 3. The molecule has 31 heavy (non-hydrogen) atoms. The van der Waals surface area contributed by atoms with Gasteiger partial charge < -0.3 is 14.2 Å². The normalized spacial score (nSPS) is 14.8. The third kappa shape index (κ3) is 5.43.